The summed E-state index contributed by atoms with van der Waals surface area (Å²) >= 11 is 0. The van der Waals surface area contributed by atoms with E-state index in [0.29, 0.717) is 25.0 Å². The lowest BCUT2D eigenvalue weighted by Gasteiger charge is -2.39. The molecule has 2 rings (SSSR count). The molecule has 0 heterocycles. The molecule has 1 aromatic carbocycles. The SMILES string of the molecule is CC(C)(C)[Si](C)(C)OC(COC(N)=O)[C@H]1C[C@@H]1COCc1ccccc1. The summed E-state index contributed by atoms with van der Waals surface area (Å²) in [7, 11) is -1.95. The van der Waals surface area contributed by atoms with E-state index in [4.69, 9.17) is 19.6 Å². The van der Waals surface area contributed by atoms with E-state index in [1.165, 1.54) is 5.56 Å². The van der Waals surface area contributed by atoms with Crippen LogP contribution in [0.5, 0.6) is 0 Å². The highest BCUT2D eigenvalue weighted by molar-refractivity contribution is 6.74. The highest BCUT2D eigenvalue weighted by Gasteiger charge is 2.48. The molecule has 1 amide bonds. The summed E-state index contributed by atoms with van der Waals surface area (Å²) in [6.07, 6.45) is 0.191. The number of ether oxygens (including phenoxy) is 2. The van der Waals surface area contributed by atoms with Gasteiger partial charge in [-0.2, -0.15) is 0 Å². The molecular weight excluding hydrogens is 346 g/mol. The Kier molecular flexibility index (Phi) is 6.88. The van der Waals surface area contributed by atoms with Gasteiger partial charge in [-0.15, -0.1) is 0 Å². The topological polar surface area (TPSA) is 70.8 Å². The van der Waals surface area contributed by atoms with Crippen molar-refractivity contribution in [2.75, 3.05) is 13.2 Å². The average Bonchev–Trinajstić information content (AvgIpc) is 3.30. The van der Waals surface area contributed by atoms with Gasteiger partial charge in [0.05, 0.1) is 19.3 Å². The first-order valence-electron chi connectivity index (χ1n) is 9.32. The van der Waals surface area contributed by atoms with Crippen LogP contribution in [0.15, 0.2) is 30.3 Å². The summed E-state index contributed by atoms with van der Waals surface area (Å²) in [5.41, 5.74) is 6.34. The Labute approximate surface area is 158 Å². The van der Waals surface area contributed by atoms with Crippen molar-refractivity contribution >= 4 is 14.4 Å². The molecule has 0 radical (unpaired) electrons. The Balaban J connectivity index is 1.87. The normalized spacial score (nSPS) is 21.3. The summed E-state index contributed by atoms with van der Waals surface area (Å²) in [5.74, 6) is 0.809. The van der Waals surface area contributed by atoms with Crippen LogP contribution in [0.25, 0.3) is 0 Å². The van der Waals surface area contributed by atoms with Crippen LogP contribution in [0.2, 0.25) is 18.1 Å². The lowest BCUT2D eigenvalue weighted by Crippen LogP contribution is -2.46. The molecule has 1 fully saturated rings. The third kappa shape index (κ3) is 6.11. The number of carbonyl (C=O) groups excluding carboxylic acids is 1. The van der Waals surface area contributed by atoms with Crippen LogP contribution in [0.4, 0.5) is 4.79 Å². The van der Waals surface area contributed by atoms with E-state index in [1.807, 2.05) is 18.2 Å². The number of rotatable bonds is 9. The Morgan fingerprint density at radius 1 is 1.27 bits per heavy atom. The maximum absolute atomic E-state index is 11.1. The van der Waals surface area contributed by atoms with Gasteiger partial charge in [0.2, 0.25) is 0 Å². The van der Waals surface area contributed by atoms with Crippen molar-refractivity contribution in [3.05, 3.63) is 35.9 Å². The standard InChI is InChI=1S/C20H33NO4Si/c1-20(2,3)26(4,5)25-18(14-24-19(21)22)17-11-16(17)13-23-12-15-9-7-6-8-10-15/h6-10,16-18H,11-14H2,1-5H3,(H2,21,22)/t16-,17+,18?/m1/s1. The molecule has 0 bridgehead atoms. The molecule has 1 aliphatic carbocycles. The third-order valence-corrected chi connectivity index (χ3v) is 10.0. The predicted octanol–water partition coefficient (Wildman–Crippen LogP) is 4.33. The summed E-state index contributed by atoms with van der Waals surface area (Å²) < 4.78 is 17.5. The lowest BCUT2D eigenvalue weighted by atomic mass is 10.2. The molecule has 146 valence electrons. The molecule has 2 N–H and O–H groups in total. The van der Waals surface area contributed by atoms with Gasteiger partial charge in [-0.25, -0.2) is 4.79 Å². The maximum atomic E-state index is 11.1. The van der Waals surface area contributed by atoms with Crippen LogP contribution >= 0.6 is 0 Å². The largest absolute Gasteiger partial charge is 0.447 e. The highest BCUT2D eigenvalue weighted by atomic mass is 28.4. The van der Waals surface area contributed by atoms with Crippen molar-refractivity contribution in [3.63, 3.8) is 0 Å². The molecule has 6 heteroatoms. The Hall–Kier alpha value is -1.37. The minimum Gasteiger partial charge on any atom is -0.447 e. The summed E-state index contributed by atoms with van der Waals surface area (Å²) in [4.78, 5) is 11.1. The van der Waals surface area contributed by atoms with Gasteiger partial charge >= 0.3 is 6.09 Å². The van der Waals surface area contributed by atoms with Crippen LogP contribution in [0, 0.1) is 11.8 Å². The smallest absolute Gasteiger partial charge is 0.404 e. The number of primary amides is 1. The van der Waals surface area contributed by atoms with Gasteiger partial charge in [0.1, 0.15) is 6.61 Å². The van der Waals surface area contributed by atoms with Crippen molar-refractivity contribution in [1.29, 1.82) is 0 Å². The van der Waals surface area contributed by atoms with Gasteiger partial charge in [-0.3, -0.25) is 0 Å². The molecule has 0 aliphatic heterocycles. The first kappa shape index (κ1) is 20.9. The van der Waals surface area contributed by atoms with E-state index >= 15 is 0 Å². The van der Waals surface area contributed by atoms with Gasteiger partial charge in [-0.05, 0) is 42.0 Å². The molecule has 3 atom stereocenters. The van der Waals surface area contributed by atoms with Crippen molar-refractivity contribution in [2.24, 2.45) is 17.6 Å². The van der Waals surface area contributed by atoms with E-state index in [-0.39, 0.29) is 17.7 Å². The Morgan fingerprint density at radius 3 is 2.50 bits per heavy atom. The van der Waals surface area contributed by atoms with Crippen LogP contribution in [0.3, 0.4) is 0 Å². The van der Waals surface area contributed by atoms with Crippen LogP contribution in [0.1, 0.15) is 32.8 Å². The van der Waals surface area contributed by atoms with E-state index in [9.17, 15) is 4.79 Å². The zero-order chi connectivity index (χ0) is 19.4. The molecule has 1 unspecified atom stereocenters. The molecular formula is C20H33NO4Si. The minimum absolute atomic E-state index is 0.103. The van der Waals surface area contributed by atoms with E-state index in [0.717, 1.165) is 6.42 Å². The Bertz CT molecular complexity index is 585. The van der Waals surface area contributed by atoms with Gasteiger partial charge in [0.15, 0.2) is 8.32 Å². The molecule has 5 nitrogen and oxygen atoms in total. The molecule has 0 spiro atoms. The van der Waals surface area contributed by atoms with Gasteiger partial charge in [0.25, 0.3) is 0 Å². The van der Waals surface area contributed by atoms with Crippen molar-refractivity contribution in [1.82, 2.24) is 0 Å². The molecule has 1 aromatic rings. The fraction of sp³-hybridized carbons (Fsp3) is 0.650. The van der Waals surface area contributed by atoms with E-state index in [1.54, 1.807) is 0 Å². The molecule has 1 saturated carbocycles. The number of hydrogen-bond donors (Lipinski definition) is 1. The first-order valence-corrected chi connectivity index (χ1v) is 12.2. The van der Waals surface area contributed by atoms with Gasteiger partial charge in [0, 0.05) is 0 Å². The molecule has 0 saturated heterocycles. The van der Waals surface area contributed by atoms with Crippen LogP contribution in [-0.2, 0) is 20.5 Å². The minimum atomic E-state index is -1.95. The highest BCUT2D eigenvalue weighted by Crippen LogP contribution is 2.46. The number of hydrogen-bond acceptors (Lipinski definition) is 4. The van der Waals surface area contributed by atoms with Crippen LogP contribution in [-0.4, -0.2) is 33.7 Å². The van der Waals surface area contributed by atoms with Crippen molar-refractivity contribution in [2.45, 2.75) is 58.0 Å². The van der Waals surface area contributed by atoms with E-state index in [2.05, 4.69) is 46.0 Å². The van der Waals surface area contributed by atoms with Gasteiger partial charge in [-0.1, -0.05) is 51.1 Å². The number of benzene rings is 1. The molecule has 26 heavy (non-hydrogen) atoms. The summed E-state index contributed by atoms with van der Waals surface area (Å²) in [5, 5.41) is 0.103. The first-order chi connectivity index (χ1) is 12.1. The lowest BCUT2D eigenvalue weighted by molar-refractivity contribution is 0.0534. The van der Waals surface area contributed by atoms with Crippen molar-refractivity contribution in [3.8, 4) is 0 Å². The second-order valence-corrected chi connectivity index (χ2v) is 13.5. The maximum Gasteiger partial charge on any atom is 0.404 e. The second kappa shape index (κ2) is 8.54. The number of amides is 1. The van der Waals surface area contributed by atoms with E-state index < -0.39 is 14.4 Å². The molecule has 1 aliphatic rings. The Morgan fingerprint density at radius 2 is 1.92 bits per heavy atom. The average molecular weight is 380 g/mol. The second-order valence-electron chi connectivity index (χ2n) is 8.71. The summed E-state index contributed by atoms with van der Waals surface area (Å²) in [6, 6.07) is 10.2. The monoisotopic (exact) mass is 379 g/mol. The van der Waals surface area contributed by atoms with Gasteiger partial charge < -0.3 is 19.6 Å². The number of nitrogens with two attached hydrogens (primary N) is 1. The molecule has 0 aromatic heterocycles. The zero-order valence-electron chi connectivity index (χ0n) is 16.7. The van der Waals surface area contributed by atoms with Crippen LogP contribution < -0.4 is 5.73 Å². The predicted molar refractivity (Wildman–Crippen MR) is 105 cm³/mol. The fourth-order valence-electron chi connectivity index (χ4n) is 2.78. The third-order valence-electron chi connectivity index (χ3n) is 5.54. The van der Waals surface area contributed by atoms with Crippen molar-refractivity contribution < 1.29 is 18.7 Å². The summed E-state index contributed by atoms with van der Waals surface area (Å²) in [6.45, 7) is 12.6. The number of carbonyl (C=O) groups is 1. The zero-order valence-corrected chi connectivity index (χ0v) is 17.7. The quantitative estimate of drug-likeness (QED) is 0.649. The fourth-order valence-corrected chi connectivity index (χ4v) is 4.14.